The van der Waals surface area contributed by atoms with Crippen LogP contribution in [0.2, 0.25) is 0 Å². The van der Waals surface area contributed by atoms with Crippen molar-refractivity contribution in [3.63, 3.8) is 0 Å². The predicted molar refractivity (Wildman–Crippen MR) is 77.5 cm³/mol. The Labute approximate surface area is 107 Å². The minimum Gasteiger partial charge on any atom is -0.0654 e. The molecule has 0 amide bonds. The van der Waals surface area contributed by atoms with Gasteiger partial charge >= 0.3 is 0 Å². The smallest absolute Gasteiger partial charge is 0.0190 e. The second kappa shape index (κ2) is 9.27. The zero-order valence-corrected chi connectivity index (χ0v) is 11.6. The van der Waals surface area contributed by atoms with Gasteiger partial charge in [-0.15, -0.1) is 0 Å². The molecule has 1 aromatic carbocycles. The third-order valence-electron chi connectivity index (χ3n) is 3.61. The summed E-state index contributed by atoms with van der Waals surface area (Å²) in [6.45, 7) is 4.63. The monoisotopic (exact) mass is 232 g/mol. The van der Waals surface area contributed by atoms with Gasteiger partial charge in [-0.25, -0.2) is 0 Å². The van der Waals surface area contributed by atoms with E-state index >= 15 is 0 Å². The molecule has 0 aliphatic carbocycles. The molecule has 0 saturated carbocycles. The van der Waals surface area contributed by atoms with Crippen molar-refractivity contribution in [2.75, 3.05) is 0 Å². The van der Waals surface area contributed by atoms with E-state index in [1.54, 1.807) is 0 Å². The molecule has 96 valence electrons. The topological polar surface area (TPSA) is 0 Å². The molecule has 0 saturated heterocycles. The van der Waals surface area contributed by atoms with Gasteiger partial charge in [0, 0.05) is 0 Å². The van der Waals surface area contributed by atoms with Crippen LogP contribution in [0.15, 0.2) is 30.3 Å². The van der Waals surface area contributed by atoms with Gasteiger partial charge in [-0.3, -0.25) is 0 Å². The number of unbranched alkanes of at least 4 members (excludes halogenated alkanes) is 6. The summed E-state index contributed by atoms with van der Waals surface area (Å²) in [6, 6.07) is 10.9. The second-order valence-electron chi connectivity index (χ2n) is 5.22. The minimum absolute atomic E-state index is 0.729. The highest BCUT2D eigenvalue weighted by Crippen LogP contribution is 2.21. The summed E-state index contributed by atoms with van der Waals surface area (Å²) in [5, 5.41) is 0. The van der Waals surface area contributed by atoms with E-state index in [1.165, 1.54) is 56.9 Å². The average Bonchev–Trinajstić information content (AvgIpc) is 2.38. The van der Waals surface area contributed by atoms with Crippen LogP contribution in [0.1, 0.15) is 76.7 Å². The van der Waals surface area contributed by atoms with Crippen molar-refractivity contribution in [1.82, 2.24) is 0 Å². The Bertz CT molecular complexity index is 263. The standard InChI is InChI=1S/C17H28/c1-3-4-5-6-7-8-10-13-16(2)17-14-11-9-12-15-17/h9,11-12,14-16H,3-8,10,13H2,1-2H3/t16-/m0/s1. The van der Waals surface area contributed by atoms with Crippen molar-refractivity contribution in [3.05, 3.63) is 35.9 Å². The van der Waals surface area contributed by atoms with E-state index in [0.29, 0.717) is 0 Å². The molecular weight excluding hydrogens is 204 g/mol. The number of hydrogen-bond donors (Lipinski definition) is 0. The van der Waals surface area contributed by atoms with Gasteiger partial charge in [0.1, 0.15) is 0 Å². The first kappa shape index (κ1) is 14.3. The fourth-order valence-corrected chi connectivity index (χ4v) is 2.36. The van der Waals surface area contributed by atoms with Gasteiger partial charge in [0.15, 0.2) is 0 Å². The first-order valence-electron chi connectivity index (χ1n) is 7.39. The molecule has 0 radical (unpaired) electrons. The van der Waals surface area contributed by atoms with E-state index in [0.717, 1.165) is 5.92 Å². The van der Waals surface area contributed by atoms with Crippen molar-refractivity contribution in [2.45, 2.75) is 71.1 Å². The Hall–Kier alpha value is -0.780. The molecule has 0 nitrogen and oxygen atoms in total. The van der Waals surface area contributed by atoms with E-state index in [-0.39, 0.29) is 0 Å². The van der Waals surface area contributed by atoms with Gasteiger partial charge in [0.25, 0.3) is 0 Å². The quantitative estimate of drug-likeness (QED) is 0.463. The maximum absolute atomic E-state index is 2.35. The zero-order valence-electron chi connectivity index (χ0n) is 11.6. The molecule has 0 spiro atoms. The van der Waals surface area contributed by atoms with Crippen molar-refractivity contribution in [3.8, 4) is 0 Å². The summed E-state index contributed by atoms with van der Waals surface area (Å²) in [5.74, 6) is 0.729. The average molecular weight is 232 g/mol. The molecule has 1 rings (SSSR count). The summed E-state index contributed by atoms with van der Waals surface area (Å²) in [4.78, 5) is 0. The lowest BCUT2D eigenvalue weighted by molar-refractivity contribution is 0.549. The predicted octanol–water partition coefficient (Wildman–Crippen LogP) is 5.93. The van der Waals surface area contributed by atoms with Crippen molar-refractivity contribution in [2.24, 2.45) is 0 Å². The summed E-state index contributed by atoms with van der Waals surface area (Å²) in [7, 11) is 0. The van der Waals surface area contributed by atoms with Crippen LogP contribution in [0.4, 0.5) is 0 Å². The minimum atomic E-state index is 0.729. The van der Waals surface area contributed by atoms with Crippen molar-refractivity contribution >= 4 is 0 Å². The molecule has 0 aromatic heterocycles. The van der Waals surface area contributed by atoms with Crippen LogP contribution in [0.25, 0.3) is 0 Å². The highest BCUT2D eigenvalue weighted by molar-refractivity contribution is 5.18. The molecule has 1 atom stereocenters. The molecule has 1 aromatic rings. The highest BCUT2D eigenvalue weighted by atomic mass is 14.1. The fourth-order valence-electron chi connectivity index (χ4n) is 2.36. The van der Waals surface area contributed by atoms with Gasteiger partial charge in [-0.05, 0) is 17.9 Å². The van der Waals surface area contributed by atoms with E-state index in [2.05, 4.69) is 44.2 Å². The largest absolute Gasteiger partial charge is 0.0654 e. The lowest BCUT2D eigenvalue weighted by Crippen LogP contribution is -1.93. The van der Waals surface area contributed by atoms with Gasteiger partial charge in [-0.1, -0.05) is 89.1 Å². The summed E-state index contributed by atoms with van der Waals surface area (Å²) < 4.78 is 0. The van der Waals surface area contributed by atoms with E-state index in [9.17, 15) is 0 Å². The maximum atomic E-state index is 2.35. The first-order valence-corrected chi connectivity index (χ1v) is 7.39. The number of hydrogen-bond acceptors (Lipinski definition) is 0. The van der Waals surface area contributed by atoms with Gasteiger partial charge in [0.2, 0.25) is 0 Å². The van der Waals surface area contributed by atoms with Crippen molar-refractivity contribution < 1.29 is 0 Å². The molecular formula is C17H28. The molecule has 0 aliphatic rings. The van der Waals surface area contributed by atoms with Crippen LogP contribution in [-0.4, -0.2) is 0 Å². The van der Waals surface area contributed by atoms with Gasteiger partial charge < -0.3 is 0 Å². The van der Waals surface area contributed by atoms with Crippen LogP contribution in [-0.2, 0) is 0 Å². The molecule has 0 bridgehead atoms. The molecule has 0 heteroatoms. The Morgan fingerprint density at radius 2 is 1.41 bits per heavy atom. The number of rotatable bonds is 9. The molecule has 0 heterocycles. The number of benzene rings is 1. The van der Waals surface area contributed by atoms with Crippen molar-refractivity contribution in [1.29, 1.82) is 0 Å². The van der Waals surface area contributed by atoms with Crippen LogP contribution >= 0.6 is 0 Å². The third kappa shape index (κ3) is 6.51. The Morgan fingerprint density at radius 1 is 0.824 bits per heavy atom. The third-order valence-corrected chi connectivity index (χ3v) is 3.61. The lowest BCUT2D eigenvalue weighted by atomic mass is 9.95. The fraction of sp³-hybridized carbons (Fsp3) is 0.647. The van der Waals surface area contributed by atoms with E-state index < -0.39 is 0 Å². The Kier molecular flexibility index (Phi) is 7.79. The van der Waals surface area contributed by atoms with E-state index in [4.69, 9.17) is 0 Å². The van der Waals surface area contributed by atoms with Gasteiger partial charge in [-0.2, -0.15) is 0 Å². The summed E-state index contributed by atoms with van der Waals surface area (Å²) >= 11 is 0. The lowest BCUT2D eigenvalue weighted by Gasteiger charge is -2.11. The SMILES string of the molecule is CCCCCCCCC[C@H](C)c1ccccc1. The normalized spacial score (nSPS) is 12.6. The highest BCUT2D eigenvalue weighted by Gasteiger charge is 2.03. The summed E-state index contributed by atoms with van der Waals surface area (Å²) in [5.41, 5.74) is 1.50. The summed E-state index contributed by atoms with van der Waals surface area (Å²) in [6.07, 6.45) is 11.2. The molecule has 17 heavy (non-hydrogen) atoms. The maximum Gasteiger partial charge on any atom is -0.0190 e. The molecule has 0 unspecified atom stereocenters. The van der Waals surface area contributed by atoms with Crippen LogP contribution in [0.3, 0.4) is 0 Å². The van der Waals surface area contributed by atoms with Crippen LogP contribution in [0.5, 0.6) is 0 Å². The second-order valence-corrected chi connectivity index (χ2v) is 5.22. The van der Waals surface area contributed by atoms with E-state index in [1.807, 2.05) is 0 Å². The first-order chi connectivity index (χ1) is 8.34. The van der Waals surface area contributed by atoms with Gasteiger partial charge in [0.05, 0.1) is 0 Å². The Balaban J connectivity index is 2.03. The van der Waals surface area contributed by atoms with Crippen LogP contribution < -0.4 is 0 Å². The van der Waals surface area contributed by atoms with Crippen LogP contribution in [0, 0.1) is 0 Å². The molecule has 0 fully saturated rings. The molecule has 0 N–H and O–H groups in total. The Morgan fingerprint density at radius 3 is 2.06 bits per heavy atom. The molecule has 0 aliphatic heterocycles. The zero-order chi connectivity index (χ0) is 12.3.